The van der Waals surface area contributed by atoms with Crippen LogP contribution >= 0.6 is 12.4 Å². The molecule has 0 saturated carbocycles. The molecule has 0 aromatic heterocycles. The third kappa shape index (κ3) is 3.77. The minimum atomic E-state index is 0. The number of hydrogen-bond acceptors (Lipinski definition) is 4. The van der Waals surface area contributed by atoms with Gasteiger partial charge in [-0.1, -0.05) is 6.07 Å². The van der Waals surface area contributed by atoms with Crippen molar-refractivity contribution < 1.29 is 9.47 Å². The lowest BCUT2D eigenvalue weighted by molar-refractivity contribution is 0.174. The third-order valence-electron chi connectivity index (χ3n) is 2.49. The van der Waals surface area contributed by atoms with E-state index in [1.54, 1.807) is 0 Å². The number of ether oxygens (including phenoxy) is 2. The summed E-state index contributed by atoms with van der Waals surface area (Å²) in [6, 6.07) is 6.24. The molecule has 0 aliphatic carbocycles. The fourth-order valence-electron chi connectivity index (χ4n) is 1.91. The van der Waals surface area contributed by atoms with Crippen LogP contribution in [-0.2, 0) is 6.54 Å². The van der Waals surface area contributed by atoms with Gasteiger partial charge in [-0.2, -0.15) is 0 Å². The standard InChI is InChI=1S/C12H18N2O2.ClH/c1-9(13)6-14(2)7-10-3-4-11-12(5-10)16-8-15-11;/h3-5,9H,6-8,13H2,1-2H3;1H. The van der Waals surface area contributed by atoms with Crippen molar-refractivity contribution >= 4 is 12.4 Å². The van der Waals surface area contributed by atoms with Crippen LogP contribution in [0.3, 0.4) is 0 Å². The molecule has 5 heteroatoms. The molecular formula is C12H19ClN2O2. The lowest BCUT2D eigenvalue weighted by atomic mass is 10.2. The SMILES string of the molecule is CC(N)CN(C)Cc1ccc2c(c1)OCO2.Cl. The Morgan fingerprint density at radius 1 is 1.35 bits per heavy atom. The first-order valence-electron chi connectivity index (χ1n) is 5.48. The lowest BCUT2D eigenvalue weighted by Crippen LogP contribution is -2.32. The van der Waals surface area contributed by atoms with Crippen LogP contribution < -0.4 is 15.2 Å². The number of likely N-dealkylation sites (N-methyl/N-ethyl adjacent to an activating group) is 1. The van der Waals surface area contributed by atoms with E-state index in [1.165, 1.54) is 5.56 Å². The molecule has 1 aliphatic rings. The number of hydrogen-bond donors (Lipinski definition) is 1. The average molecular weight is 259 g/mol. The fourth-order valence-corrected chi connectivity index (χ4v) is 1.91. The van der Waals surface area contributed by atoms with Gasteiger partial charge in [0.25, 0.3) is 0 Å². The van der Waals surface area contributed by atoms with Crippen molar-refractivity contribution in [1.82, 2.24) is 4.90 Å². The largest absolute Gasteiger partial charge is 0.454 e. The first-order valence-corrected chi connectivity index (χ1v) is 5.48. The number of nitrogens with two attached hydrogens (primary N) is 1. The van der Waals surface area contributed by atoms with E-state index in [4.69, 9.17) is 15.2 Å². The van der Waals surface area contributed by atoms with Gasteiger partial charge in [-0.15, -0.1) is 12.4 Å². The highest BCUT2D eigenvalue weighted by atomic mass is 35.5. The highest BCUT2D eigenvalue weighted by Gasteiger charge is 2.13. The van der Waals surface area contributed by atoms with E-state index in [0.717, 1.165) is 24.6 Å². The van der Waals surface area contributed by atoms with Gasteiger partial charge in [0.05, 0.1) is 0 Å². The second kappa shape index (κ2) is 6.10. The molecule has 0 bridgehead atoms. The average Bonchev–Trinajstić information content (AvgIpc) is 2.63. The molecule has 0 fully saturated rings. The van der Waals surface area contributed by atoms with Crippen LogP contribution in [0, 0.1) is 0 Å². The Morgan fingerprint density at radius 3 is 2.76 bits per heavy atom. The van der Waals surface area contributed by atoms with Crippen LogP contribution in [-0.4, -0.2) is 31.3 Å². The zero-order valence-corrected chi connectivity index (χ0v) is 11.0. The topological polar surface area (TPSA) is 47.7 Å². The Bertz CT molecular complexity index is 372. The smallest absolute Gasteiger partial charge is 0.231 e. The van der Waals surface area contributed by atoms with Crippen molar-refractivity contribution in [2.24, 2.45) is 5.73 Å². The van der Waals surface area contributed by atoms with Gasteiger partial charge >= 0.3 is 0 Å². The molecule has 1 heterocycles. The third-order valence-corrected chi connectivity index (χ3v) is 2.49. The summed E-state index contributed by atoms with van der Waals surface area (Å²) < 4.78 is 10.6. The van der Waals surface area contributed by atoms with E-state index in [9.17, 15) is 0 Å². The molecule has 2 rings (SSSR count). The van der Waals surface area contributed by atoms with Gasteiger partial charge in [0.2, 0.25) is 6.79 Å². The maximum Gasteiger partial charge on any atom is 0.231 e. The summed E-state index contributed by atoms with van der Waals surface area (Å²) in [6.07, 6.45) is 0. The monoisotopic (exact) mass is 258 g/mol. The zero-order chi connectivity index (χ0) is 11.5. The second-order valence-corrected chi connectivity index (χ2v) is 4.36. The summed E-state index contributed by atoms with van der Waals surface area (Å²) >= 11 is 0. The molecule has 0 spiro atoms. The lowest BCUT2D eigenvalue weighted by Gasteiger charge is -2.18. The molecule has 4 nitrogen and oxygen atoms in total. The Morgan fingerprint density at radius 2 is 2.06 bits per heavy atom. The van der Waals surface area contributed by atoms with E-state index >= 15 is 0 Å². The molecular weight excluding hydrogens is 240 g/mol. The zero-order valence-electron chi connectivity index (χ0n) is 10.2. The molecule has 17 heavy (non-hydrogen) atoms. The van der Waals surface area contributed by atoms with Crippen LogP contribution in [0.4, 0.5) is 0 Å². The summed E-state index contributed by atoms with van der Waals surface area (Å²) in [4.78, 5) is 2.20. The minimum Gasteiger partial charge on any atom is -0.454 e. The highest BCUT2D eigenvalue weighted by Crippen LogP contribution is 2.32. The predicted molar refractivity (Wildman–Crippen MR) is 69.8 cm³/mol. The van der Waals surface area contributed by atoms with Crippen molar-refractivity contribution in [2.75, 3.05) is 20.4 Å². The molecule has 0 amide bonds. The van der Waals surface area contributed by atoms with E-state index in [0.29, 0.717) is 6.79 Å². The summed E-state index contributed by atoms with van der Waals surface area (Å²) in [5.74, 6) is 1.67. The molecule has 1 aromatic rings. The van der Waals surface area contributed by atoms with E-state index in [-0.39, 0.29) is 18.4 Å². The number of halogens is 1. The molecule has 1 unspecified atom stereocenters. The predicted octanol–water partition coefficient (Wildman–Crippen LogP) is 1.62. The van der Waals surface area contributed by atoms with E-state index in [1.807, 2.05) is 19.1 Å². The van der Waals surface area contributed by atoms with Crippen molar-refractivity contribution in [3.8, 4) is 11.5 Å². The number of nitrogens with zero attached hydrogens (tertiary/aromatic N) is 1. The number of fused-ring (bicyclic) bond motifs is 1. The molecule has 0 radical (unpaired) electrons. The van der Waals surface area contributed by atoms with E-state index in [2.05, 4.69) is 18.0 Å². The molecule has 1 aliphatic heterocycles. The maximum absolute atomic E-state index is 5.75. The normalized spacial score (nSPS) is 14.6. The minimum absolute atomic E-state index is 0. The Kier molecular flexibility index (Phi) is 5.05. The Balaban J connectivity index is 0.00000144. The van der Waals surface area contributed by atoms with Gasteiger partial charge in [0.1, 0.15) is 0 Å². The van der Waals surface area contributed by atoms with Crippen molar-refractivity contribution in [2.45, 2.75) is 19.5 Å². The van der Waals surface area contributed by atoms with Gasteiger partial charge in [-0.3, -0.25) is 0 Å². The Labute approximate surface area is 108 Å². The second-order valence-electron chi connectivity index (χ2n) is 4.36. The van der Waals surface area contributed by atoms with Crippen molar-refractivity contribution in [1.29, 1.82) is 0 Å². The molecule has 1 atom stereocenters. The van der Waals surface area contributed by atoms with Gasteiger partial charge in [-0.25, -0.2) is 0 Å². The molecule has 0 saturated heterocycles. The van der Waals surface area contributed by atoms with Crippen LogP contribution in [0.25, 0.3) is 0 Å². The van der Waals surface area contributed by atoms with Crippen LogP contribution in [0.15, 0.2) is 18.2 Å². The van der Waals surface area contributed by atoms with Gasteiger partial charge in [-0.05, 0) is 31.7 Å². The van der Waals surface area contributed by atoms with Crippen LogP contribution in [0.1, 0.15) is 12.5 Å². The van der Waals surface area contributed by atoms with Gasteiger partial charge in [0.15, 0.2) is 11.5 Å². The van der Waals surface area contributed by atoms with Crippen molar-refractivity contribution in [3.63, 3.8) is 0 Å². The molecule has 96 valence electrons. The van der Waals surface area contributed by atoms with Crippen LogP contribution in [0.2, 0.25) is 0 Å². The first-order chi connectivity index (χ1) is 7.65. The van der Waals surface area contributed by atoms with Crippen LogP contribution in [0.5, 0.6) is 11.5 Å². The molecule has 2 N–H and O–H groups in total. The summed E-state index contributed by atoms with van der Waals surface area (Å²) in [6.45, 7) is 4.09. The summed E-state index contributed by atoms with van der Waals surface area (Å²) in [5.41, 5.74) is 6.97. The maximum atomic E-state index is 5.75. The highest BCUT2D eigenvalue weighted by molar-refractivity contribution is 5.85. The van der Waals surface area contributed by atoms with E-state index < -0.39 is 0 Å². The summed E-state index contributed by atoms with van der Waals surface area (Å²) in [5, 5.41) is 0. The van der Waals surface area contributed by atoms with Crippen molar-refractivity contribution in [3.05, 3.63) is 23.8 Å². The number of benzene rings is 1. The fraction of sp³-hybridized carbons (Fsp3) is 0.500. The quantitative estimate of drug-likeness (QED) is 0.892. The Hall–Kier alpha value is -0.970. The first kappa shape index (κ1) is 14.1. The summed E-state index contributed by atoms with van der Waals surface area (Å²) in [7, 11) is 2.06. The van der Waals surface area contributed by atoms with Gasteiger partial charge in [0, 0.05) is 19.1 Å². The van der Waals surface area contributed by atoms with Gasteiger partial charge < -0.3 is 20.1 Å². The molecule has 1 aromatic carbocycles. The number of rotatable bonds is 4.